The molecule has 11 nitrogen and oxygen atoms in total. The van der Waals surface area contributed by atoms with Gasteiger partial charge >= 0.3 is 24.1 Å². The van der Waals surface area contributed by atoms with Crippen LogP contribution < -0.4 is 26.0 Å². The van der Waals surface area contributed by atoms with Gasteiger partial charge in [0.15, 0.2) is 0 Å². The Morgan fingerprint density at radius 2 is 1.43 bits per heavy atom. The van der Waals surface area contributed by atoms with Crippen LogP contribution in [-0.2, 0) is 23.9 Å². The van der Waals surface area contributed by atoms with Crippen molar-refractivity contribution in [2.24, 2.45) is 0 Å². The number of rotatable bonds is 12. The SMILES string of the molecule is COc1ccc(NC(=O)NCCC(=O)NCC(=O)NC(CC(=O)OC(=O)C(F)(F)F)c2ccc(-c3ccccc3)cc2)cc1. The van der Waals surface area contributed by atoms with E-state index < -0.39 is 55.0 Å². The van der Waals surface area contributed by atoms with Crippen molar-refractivity contribution in [1.82, 2.24) is 16.0 Å². The third-order valence-electron chi connectivity index (χ3n) is 6.00. The zero-order valence-corrected chi connectivity index (χ0v) is 23.4. The fourth-order valence-corrected chi connectivity index (χ4v) is 3.81. The molecule has 4 N–H and O–H groups in total. The summed E-state index contributed by atoms with van der Waals surface area (Å²) in [6, 6.07) is 20.6. The highest BCUT2D eigenvalue weighted by molar-refractivity contribution is 5.90. The number of carbonyl (C=O) groups excluding carboxylic acids is 5. The molecule has 232 valence electrons. The molecule has 4 amide bonds. The van der Waals surface area contributed by atoms with Gasteiger partial charge in [-0.3, -0.25) is 14.4 Å². The van der Waals surface area contributed by atoms with E-state index >= 15 is 0 Å². The Labute approximate surface area is 250 Å². The number of hydrogen-bond donors (Lipinski definition) is 4. The largest absolute Gasteiger partial charge is 0.497 e. The topological polar surface area (TPSA) is 152 Å². The van der Waals surface area contributed by atoms with Crippen LogP contribution in [0.15, 0.2) is 78.9 Å². The minimum absolute atomic E-state index is 0.0507. The van der Waals surface area contributed by atoms with Crippen LogP contribution in [-0.4, -0.2) is 56.2 Å². The number of hydrogen-bond acceptors (Lipinski definition) is 7. The van der Waals surface area contributed by atoms with Crippen molar-refractivity contribution in [3.05, 3.63) is 84.4 Å². The zero-order chi connectivity index (χ0) is 32.1. The lowest BCUT2D eigenvalue weighted by Gasteiger charge is -2.19. The molecule has 0 saturated heterocycles. The van der Waals surface area contributed by atoms with Crippen molar-refractivity contribution in [1.29, 1.82) is 0 Å². The Hall–Kier alpha value is -5.40. The monoisotopic (exact) mass is 614 g/mol. The average Bonchev–Trinajstić information content (AvgIpc) is 3.00. The quantitative estimate of drug-likeness (QED) is 0.179. The van der Waals surface area contributed by atoms with Crippen LogP contribution in [0, 0.1) is 0 Å². The molecule has 1 unspecified atom stereocenters. The molecule has 44 heavy (non-hydrogen) atoms. The normalized spacial score (nSPS) is 11.5. The fraction of sp³-hybridized carbons (Fsp3) is 0.233. The Kier molecular flexibility index (Phi) is 11.8. The van der Waals surface area contributed by atoms with Gasteiger partial charge in [-0.1, -0.05) is 54.6 Å². The number of urea groups is 1. The van der Waals surface area contributed by atoms with Gasteiger partial charge in [-0.05, 0) is 41.0 Å². The number of halogens is 3. The molecule has 1 atom stereocenters. The summed E-state index contributed by atoms with van der Waals surface area (Å²) in [6.45, 7) is -0.586. The first-order valence-corrected chi connectivity index (χ1v) is 13.2. The van der Waals surface area contributed by atoms with Crippen molar-refractivity contribution in [3.63, 3.8) is 0 Å². The molecule has 0 saturated carbocycles. The average molecular weight is 615 g/mol. The lowest BCUT2D eigenvalue weighted by molar-refractivity contribution is -0.202. The lowest BCUT2D eigenvalue weighted by atomic mass is 9.99. The van der Waals surface area contributed by atoms with E-state index in [2.05, 4.69) is 26.0 Å². The number of amides is 4. The smallest absolute Gasteiger partial charge is 0.491 e. The summed E-state index contributed by atoms with van der Waals surface area (Å²) in [6.07, 6.45) is -6.33. The number of esters is 2. The van der Waals surface area contributed by atoms with E-state index in [1.807, 2.05) is 30.3 Å². The van der Waals surface area contributed by atoms with Gasteiger partial charge in [-0.2, -0.15) is 13.2 Å². The summed E-state index contributed by atoms with van der Waals surface area (Å²) in [7, 11) is 1.51. The third kappa shape index (κ3) is 10.8. The number of alkyl halides is 3. The van der Waals surface area contributed by atoms with Crippen LogP contribution >= 0.6 is 0 Å². The summed E-state index contributed by atoms with van der Waals surface area (Å²) >= 11 is 0. The number of anilines is 1. The van der Waals surface area contributed by atoms with Gasteiger partial charge in [0, 0.05) is 18.7 Å². The van der Waals surface area contributed by atoms with Crippen LogP contribution in [0.3, 0.4) is 0 Å². The first kappa shape index (κ1) is 33.1. The second-order valence-electron chi connectivity index (χ2n) is 9.21. The summed E-state index contributed by atoms with van der Waals surface area (Å²) in [4.78, 5) is 60.0. The van der Waals surface area contributed by atoms with Gasteiger partial charge in [0.25, 0.3) is 0 Å². The van der Waals surface area contributed by atoms with E-state index in [0.29, 0.717) is 17.0 Å². The van der Waals surface area contributed by atoms with Crippen molar-refractivity contribution in [3.8, 4) is 16.9 Å². The maximum atomic E-state index is 12.6. The maximum absolute atomic E-state index is 12.6. The first-order valence-electron chi connectivity index (χ1n) is 13.2. The molecule has 3 aromatic rings. The molecule has 0 aliphatic carbocycles. The third-order valence-corrected chi connectivity index (χ3v) is 6.00. The minimum Gasteiger partial charge on any atom is -0.497 e. The van der Waals surface area contributed by atoms with Crippen LogP contribution in [0.2, 0.25) is 0 Å². The van der Waals surface area contributed by atoms with Crippen LogP contribution in [0.5, 0.6) is 5.75 Å². The van der Waals surface area contributed by atoms with E-state index in [-0.39, 0.29) is 13.0 Å². The molecule has 0 heterocycles. The molecule has 0 aromatic heterocycles. The van der Waals surface area contributed by atoms with Gasteiger partial charge in [0.1, 0.15) is 5.75 Å². The molecule has 3 rings (SSSR count). The number of benzene rings is 3. The number of nitrogens with one attached hydrogen (secondary N) is 4. The summed E-state index contributed by atoms with van der Waals surface area (Å²) < 4.78 is 46.6. The maximum Gasteiger partial charge on any atom is 0.491 e. The van der Waals surface area contributed by atoms with E-state index in [1.54, 1.807) is 48.5 Å². The van der Waals surface area contributed by atoms with Crippen molar-refractivity contribution < 1.29 is 46.6 Å². The molecule has 3 aromatic carbocycles. The molecule has 14 heteroatoms. The van der Waals surface area contributed by atoms with Crippen LogP contribution in [0.4, 0.5) is 23.7 Å². The second kappa shape index (κ2) is 15.7. The fourth-order valence-electron chi connectivity index (χ4n) is 3.81. The number of carbonyl (C=O) groups is 5. The van der Waals surface area contributed by atoms with E-state index in [0.717, 1.165) is 11.1 Å². The van der Waals surface area contributed by atoms with E-state index in [9.17, 15) is 37.1 Å². The van der Waals surface area contributed by atoms with Crippen LogP contribution in [0.1, 0.15) is 24.4 Å². The van der Waals surface area contributed by atoms with Crippen molar-refractivity contribution in [2.45, 2.75) is 25.1 Å². The molecule has 0 radical (unpaired) electrons. The Balaban J connectivity index is 1.53. The molecular weight excluding hydrogens is 585 g/mol. The molecular formula is C30H29F3N4O7. The molecule has 0 spiro atoms. The summed E-state index contributed by atoms with van der Waals surface area (Å²) in [5, 5.41) is 9.89. The van der Waals surface area contributed by atoms with Gasteiger partial charge in [0.05, 0.1) is 26.1 Å². The Morgan fingerprint density at radius 3 is 2.05 bits per heavy atom. The van der Waals surface area contributed by atoms with Gasteiger partial charge in [-0.15, -0.1) is 0 Å². The van der Waals surface area contributed by atoms with Gasteiger partial charge in [-0.25, -0.2) is 9.59 Å². The Bertz CT molecular complexity index is 1450. The highest BCUT2D eigenvalue weighted by Gasteiger charge is 2.42. The van der Waals surface area contributed by atoms with Crippen LogP contribution in [0.25, 0.3) is 11.1 Å². The minimum atomic E-state index is -5.37. The standard InChI is InChI=1S/C30H29F3N4O7/c1-43-23-13-11-22(12-14-23)36-29(42)34-16-15-25(38)35-18-26(39)37-24(17-27(40)44-28(41)30(31,32)33)21-9-7-20(8-10-21)19-5-3-2-4-6-19/h2-14,24H,15-18H2,1H3,(H,35,38)(H,37,39)(H2,34,36,42). The molecule has 0 fully saturated rings. The highest BCUT2D eigenvalue weighted by Crippen LogP contribution is 2.24. The predicted molar refractivity (Wildman–Crippen MR) is 152 cm³/mol. The van der Waals surface area contributed by atoms with Crippen molar-refractivity contribution >= 4 is 35.5 Å². The second-order valence-corrected chi connectivity index (χ2v) is 9.21. The molecule has 0 aliphatic heterocycles. The van der Waals surface area contributed by atoms with E-state index in [4.69, 9.17) is 4.74 Å². The van der Waals surface area contributed by atoms with E-state index in [1.165, 1.54) is 7.11 Å². The highest BCUT2D eigenvalue weighted by atomic mass is 19.4. The lowest BCUT2D eigenvalue weighted by Crippen LogP contribution is -2.40. The summed E-state index contributed by atoms with van der Waals surface area (Å²) in [5.41, 5.74) is 2.52. The van der Waals surface area contributed by atoms with Gasteiger partial charge < -0.3 is 30.7 Å². The predicted octanol–water partition coefficient (Wildman–Crippen LogP) is 3.87. The molecule has 0 bridgehead atoms. The molecule has 0 aliphatic rings. The number of methoxy groups -OCH3 is 1. The summed E-state index contributed by atoms with van der Waals surface area (Å²) in [5.74, 6) is -4.92. The van der Waals surface area contributed by atoms with Gasteiger partial charge in [0.2, 0.25) is 11.8 Å². The zero-order valence-electron chi connectivity index (χ0n) is 23.4. The number of ether oxygens (including phenoxy) is 2. The van der Waals surface area contributed by atoms with Crippen molar-refractivity contribution in [2.75, 3.05) is 25.5 Å². The Morgan fingerprint density at radius 1 is 0.795 bits per heavy atom. The first-order chi connectivity index (χ1) is 20.9.